The lowest BCUT2D eigenvalue weighted by atomic mass is 10.2. The van der Waals surface area contributed by atoms with Crippen molar-refractivity contribution in [3.8, 4) is 0 Å². The molecule has 1 atom stereocenters. The van der Waals surface area contributed by atoms with Gasteiger partial charge in [0.25, 0.3) is 5.56 Å². The third kappa shape index (κ3) is 6.21. The number of para-hydroxylation sites is 1. The number of aromatic nitrogens is 2. The van der Waals surface area contributed by atoms with Gasteiger partial charge in [0.15, 0.2) is 0 Å². The Kier molecular flexibility index (Phi) is 8.40. The van der Waals surface area contributed by atoms with Crippen molar-refractivity contribution in [2.24, 2.45) is 0 Å². The van der Waals surface area contributed by atoms with Crippen LogP contribution in [0.2, 0.25) is 0 Å². The third-order valence-electron chi connectivity index (χ3n) is 5.82. The Balaban J connectivity index is 1.71. The van der Waals surface area contributed by atoms with E-state index in [-0.39, 0.29) is 42.9 Å². The highest BCUT2D eigenvalue weighted by Crippen LogP contribution is 2.11. The van der Waals surface area contributed by atoms with E-state index in [0.717, 1.165) is 22.2 Å². The predicted octanol–water partition coefficient (Wildman–Crippen LogP) is 3.20. The molecule has 8 heteroatoms. The monoisotopic (exact) mass is 464 g/mol. The maximum atomic E-state index is 13.2. The molecule has 2 aromatic carbocycles. The van der Waals surface area contributed by atoms with Gasteiger partial charge in [-0.15, -0.1) is 0 Å². The fraction of sp³-hybridized carbons (Fsp3) is 0.385. The van der Waals surface area contributed by atoms with Gasteiger partial charge in [0.2, 0.25) is 11.8 Å². The molecule has 0 saturated heterocycles. The Morgan fingerprint density at radius 3 is 2.35 bits per heavy atom. The molecule has 8 nitrogen and oxygen atoms in total. The summed E-state index contributed by atoms with van der Waals surface area (Å²) in [6.07, 6.45) is 2.05. The molecule has 0 bridgehead atoms. The summed E-state index contributed by atoms with van der Waals surface area (Å²) in [5.41, 5.74) is 1.38. The molecule has 0 spiro atoms. The number of hydrogen-bond donors (Lipinski definition) is 2. The second-order valence-electron chi connectivity index (χ2n) is 8.59. The summed E-state index contributed by atoms with van der Waals surface area (Å²) < 4.78 is 2.51. The number of benzene rings is 2. The molecule has 180 valence electrons. The average molecular weight is 465 g/mol. The molecule has 0 saturated carbocycles. The van der Waals surface area contributed by atoms with E-state index in [2.05, 4.69) is 10.6 Å². The molecule has 0 radical (unpaired) electrons. The number of aryl methyl sites for hydroxylation is 1. The Labute approximate surface area is 198 Å². The van der Waals surface area contributed by atoms with Crippen LogP contribution in [0.1, 0.15) is 45.1 Å². The lowest BCUT2D eigenvalue weighted by Gasteiger charge is -2.16. The van der Waals surface area contributed by atoms with Crippen molar-refractivity contribution in [3.63, 3.8) is 0 Å². The summed E-state index contributed by atoms with van der Waals surface area (Å²) in [7, 11) is 0. The average Bonchev–Trinajstić information content (AvgIpc) is 2.82. The number of fused-ring (bicyclic) bond motifs is 1. The first-order chi connectivity index (χ1) is 16.3. The van der Waals surface area contributed by atoms with Crippen molar-refractivity contribution in [1.29, 1.82) is 0 Å². The molecular formula is C26H32N4O4. The number of nitrogens with zero attached hydrogens (tertiary/aromatic N) is 2. The molecule has 3 rings (SSSR count). The second kappa shape index (κ2) is 11.4. The first-order valence-corrected chi connectivity index (χ1v) is 11.7. The minimum Gasteiger partial charge on any atom is -0.352 e. The molecule has 0 aliphatic rings. The predicted molar refractivity (Wildman–Crippen MR) is 134 cm³/mol. The molecule has 2 amide bonds. The molecule has 2 N–H and O–H groups in total. The Morgan fingerprint density at radius 1 is 0.941 bits per heavy atom. The normalized spacial score (nSPS) is 11.9. The van der Waals surface area contributed by atoms with Crippen LogP contribution in [0.5, 0.6) is 0 Å². The van der Waals surface area contributed by atoms with Gasteiger partial charge in [-0.25, -0.2) is 4.79 Å². The minimum absolute atomic E-state index is 0.00794. The Morgan fingerprint density at radius 2 is 1.65 bits per heavy atom. The quantitative estimate of drug-likeness (QED) is 0.450. The van der Waals surface area contributed by atoms with E-state index < -0.39 is 5.69 Å². The van der Waals surface area contributed by atoms with Gasteiger partial charge in [-0.3, -0.25) is 23.5 Å². The van der Waals surface area contributed by atoms with Gasteiger partial charge in [0, 0.05) is 24.7 Å². The van der Waals surface area contributed by atoms with Gasteiger partial charge >= 0.3 is 5.69 Å². The van der Waals surface area contributed by atoms with Crippen molar-refractivity contribution < 1.29 is 9.59 Å². The van der Waals surface area contributed by atoms with Crippen LogP contribution in [0.3, 0.4) is 0 Å². The minimum atomic E-state index is -0.521. The zero-order valence-electron chi connectivity index (χ0n) is 20.0. The number of hydrogen-bond acceptors (Lipinski definition) is 4. The number of unbranched alkanes of at least 4 members (excludes halogenated alkanes) is 1. The summed E-state index contributed by atoms with van der Waals surface area (Å²) >= 11 is 0. The molecule has 0 fully saturated rings. The van der Waals surface area contributed by atoms with E-state index in [0.29, 0.717) is 23.7 Å². The number of carbonyl (C=O) groups excluding carboxylic acids is 2. The zero-order chi connectivity index (χ0) is 24.7. The Hall–Kier alpha value is -3.68. The van der Waals surface area contributed by atoms with Crippen LogP contribution in [0, 0.1) is 6.92 Å². The second-order valence-corrected chi connectivity index (χ2v) is 8.59. The summed E-state index contributed by atoms with van der Waals surface area (Å²) in [5.74, 6) is -0.395. The van der Waals surface area contributed by atoms with Crippen LogP contribution in [-0.4, -0.2) is 27.0 Å². The van der Waals surface area contributed by atoms with Crippen LogP contribution in [0.15, 0.2) is 58.1 Å². The number of amides is 2. The Bertz CT molecular complexity index is 1270. The van der Waals surface area contributed by atoms with Crippen LogP contribution in [-0.2, 0) is 22.7 Å². The molecule has 3 aromatic rings. The number of anilines is 1. The third-order valence-corrected chi connectivity index (χ3v) is 5.82. The number of carbonyl (C=O) groups is 2. The van der Waals surface area contributed by atoms with Gasteiger partial charge < -0.3 is 10.6 Å². The zero-order valence-corrected chi connectivity index (χ0v) is 20.0. The first kappa shape index (κ1) is 25.0. The highest BCUT2D eigenvalue weighted by Gasteiger charge is 2.16. The standard InChI is InChI=1S/C26H32N4O4/c1-4-19(3)27-24(32)17-30-22-10-6-5-9-21(22)25(33)29(26(30)34)16-8-7-11-23(31)28-20-14-12-18(2)13-15-20/h5-6,9-10,12-15,19H,4,7-8,11,16-17H2,1-3H3,(H,27,32)(H,28,31)/t19-/m1/s1. The van der Waals surface area contributed by atoms with Gasteiger partial charge in [-0.05, 0) is 57.4 Å². The molecule has 0 unspecified atom stereocenters. The summed E-state index contributed by atoms with van der Waals surface area (Å²) in [4.78, 5) is 50.8. The lowest BCUT2D eigenvalue weighted by molar-refractivity contribution is -0.122. The van der Waals surface area contributed by atoms with E-state index in [1.54, 1.807) is 24.3 Å². The molecule has 0 aliphatic heterocycles. The van der Waals surface area contributed by atoms with Gasteiger partial charge in [0.1, 0.15) is 6.54 Å². The highest BCUT2D eigenvalue weighted by molar-refractivity contribution is 5.90. The van der Waals surface area contributed by atoms with Crippen LogP contribution >= 0.6 is 0 Å². The van der Waals surface area contributed by atoms with Crippen LogP contribution in [0.25, 0.3) is 10.9 Å². The summed E-state index contributed by atoms with van der Waals surface area (Å²) in [5, 5.41) is 6.09. The summed E-state index contributed by atoms with van der Waals surface area (Å²) in [6, 6.07) is 14.3. The number of nitrogens with one attached hydrogen (secondary N) is 2. The number of rotatable bonds is 10. The van der Waals surface area contributed by atoms with Crippen molar-refractivity contribution in [3.05, 3.63) is 74.9 Å². The SMILES string of the molecule is CC[C@@H](C)NC(=O)Cn1c(=O)n(CCCCC(=O)Nc2ccc(C)cc2)c(=O)c2ccccc21. The van der Waals surface area contributed by atoms with E-state index in [1.807, 2.05) is 45.0 Å². The molecule has 1 heterocycles. The maximum absolute atomic E-state index is 13.2. The molecular weight excluding hydrogens is 432 g/mol. The highest BCUT2D eigenvalue weighted by atomic mass is 16.2. The molecule has 0 aliphatic carbocycles. The summed E-state index contributed by atoms with van der Waals surface area (Å²) in [6.45, 7) is 5.85. The van der Waals surface area contributed by atoms with E-state index in [9.17, 15) is 19.2 Å². The first-order valence-electron chi connectivity index (χ1n) is 11.7. The topological polar surface area (TPSA) is 102 Å². The molecule has 34 heavy (non-hydrogen) atoms. The lowest BCUT2D eigenvalue weighted by Crippen LogP contribution is -2.43. The fourth-order valence-corrected chi connectivity index (χ4v) is 3.70. The molecule has 1 aromatic heterocycles. The fourth-order valence-electron chi connectivity index (χ4n) is 3.70. The van der Waals surface area contributed by atoms with Crippen molar-refractivity contribution >= 4 is 28.4 Å². The van der Waals surface area contributed by atoms with E-state index in [4.69, 9.17) is 0 Å². The van der Waals surface area contributed by atoms with Crippen molar-refractivity contribution in [2.45, 2.75) is 65.6 Å². The van der Waals surface area contributed by atoms with Gasteiger partial charge in [-0.2, -0.15) is 0 Å². The van der Waals surface area contributed by atoms with E-state index >= 15 is 0 Å². The van der Waals surface area contributed by atoms with Crippen molar-refractivity contribution in [1.82, 2.24) is 14.5 Å². The van der Waals surface area contributed by atoms with Crippen molar-refractivity contribution in [2.75, 3.05) is 5.32 Å². The van der Waals surface area contributed by atoms with Gasteiger partial charge in [-0.1, -0.05) is 36.8 Å². The van der Waals surface area contributed by atoms with Crippen LogP contribution in [0.4, 0.5) is 5.69 Å². The maximum Gasteiger partial charge on any atom is 0.331 e. The van der Waals surface area contributed by atoms with Gasteiger partial charge in [0.05, 0.1) is 10.9 Å². The van der Waals surface area contributed by atoms with Crippen LogP contribution < -0.4 is 21.9 Å². The smallest absolute Gasteiger partial charge is 0.331 e. The van der Waals surface area contributed by atoms with E-state index in [1.165, 1.54) is 4.57 Å². The largest absolute Gasteiger partial charge is 0.352 e.